The topological polar surface area (TPSA) is 76.4 Å². The minimum absolute atomic E-state index is 0.167. The van der Waals surface area contributed by atoms with Crippen LogP contribution in [-0.2, 0) is 0 Å². The summed E-state index contributed by atoms with van der Waals surface area (Å²) in [7, 11) is 1.51. The van der Waals surface area contributed by atoms with Gasteiger partial charge in [-0.25, -0.2) is 4.98 Å². The van der Waals surface area contributed by atoms with E-state index in [2.05, 4.69) is 15.6 Å². The molecule has 0 aliphatic carbocycles. The van der Waals surface area contributed by atoms with Crippen LogP contribution in [0.5, 0.6) is 5.75 Å². The van der Waals surface area contributed by atoms with Crippen molar-refractivity contribution in [3.05, 3.63) is 76.8 Å². The van der Waals surface area contributed by atoms with Gasteiger partial charge in [-0.2, -0.15) is 0 Å². The van der Waals surface area contributed by atoms with Crippen molar-refractivity contribution in [2.45, 2.75) is 6.92 Å². The van der Waals surface area contributed by atoms with Crippen molar-refractivity contribution in [2.24, 2.45) is 0 Å². The van der Waals surface area contributed by atoms with Gasteiger partial charge >= 0.3 is 0 Å². The average molecular weight is 452 g/mol. The highest BCUT2D eigenvalue weighted by molar-refractivity contribution is 7.80. The number of carbonyl (C=O) groups is 1. The number of anilines is 1. The van der Waals surface area contributed by atoms with Crippen LogP contribution >= 0.6 is 23.8 Å². The molecule has 0 atom stereocenters. The zero-order valence-electron chi connectivity index (χ0n) is 16.7. The maximum Gasteiger partial charge on any atom is 0.261 e. The number of fused-ring (bicyclic) bond motifs is 1. The SMILES string of the molecule is COc1ccccc1C(=O)NC(=S)Nc1cccc(-c2nc3cc(Cl)ccc3o2)c1C. The van der Waals surface area contributed by atoms with Gasteiger partial charge in [-0.1, -0.05) is 29.8 Å². The molecule has 31 heavy (non-hydrogen) atoms. The molecule has 4 rings (SSSR count). The predicted molar refractivity (Wildman–Crippen MR) is 126 cm³/mol. The number of ether oxygens (including phenoxy) is 1. The summed E-state index contributed by atoms with van der Waals surface area (Å²) in [5.74, 6) is 0.582. The Hall–Kier alpha value is -3.42. The van der Waals surface area contributed by atoms with E-state index in [9.17, 15) is 4.79 Å². The summed E-state index contributed by atoms with van der Waals surface area (Å²) in [4.78, 5) is 17.1. The third-order valence-corrected chi connectivity index (χ3v) is 5.18. The quantitative estimate of drug-likeness (QED) is 0.394. The Bertz CT molecular complexity index is 1300. The molecule has 0 unspecified atom stereocenters. The number of aromatic nitrogens is 1. The van der Waals surface area contributed by atoms with Crippen LogP contribution in [0.4, 0.5) is 5.69 Å². The minimum Gasteiger partial charge on any atom is -0.496 e. The van der Waals surface area contributed by atoms with E-state index in [0.717, 1.165) is 16.8 Å². The molecular formula is C23H18ClN3O3S. The number of nitrogens with zero attached hydrogens (tertiary/aromatic N) is 1. The lowest BCUT2D eigenvalue weighted by molar-refractivity contribution is 0.0975. The van der Waals surface area contributed by atoms with Gasteiger partial charge in [0.2, 0.25) is 5.89 Å². The maximum atomic E-state index is 12.6. The number of hydrogen-bond acceptors (Lipinski definition) is 5. The Kier molecular flexibility index (Phi) is 5.88. The number of rotatable bonds is 4. The summed E-state index contributed by atoms with van der Waals surface area (Å²) in [6.07, 6.45) is 0. The van der Waals surface area contributed by atoms with E-state index in [4.69, 9.17) is 33.0 Å². The number of nitrogens with one attached hydrogen (secondary N) is 2. The molecule has 0 spiro atoms. The number of methoxy groups -OCH3 is 1. The van der Waals surface area contributed by atoms with Crippen LogP contribution in [0.25, 0.3) is 22.6 Å². The smallest absolute Gasteiger partial charge is 0.261 e. The standard InChI is InChI=1S/C23H18ClN3O3S/c1-13-15(22-25-18-12-14(24)10-11-20(18)30-22)7-5-8-17(13)26-23(31)27-21(28)16-6-3-4-9-19(16)29-2/h3-12H,1-2H3,(H2,26,27,28,31). The Morgan fingerprint density at radius 2 is 1.94 bits per heavy atom. The Balaban J connectivity index is 1.55. The molecule has 6 nitrogen and oxygen atoms in total. The Morgan fingerprint density at radius 3 is 2.74 bits per heavy atom. The second-order valence-corrected chi connectivity index (χ2v) is 7.56. The first kappa shape index (κ1) is 20.8. The predicted octanol–water partition coefficient (Wildman–Crippen LogP) is 5.59. The molecule has 0 bridgehead atoms. The molecule has 3 aromatic carbocycles. The molecular weight excluding hydrogens is 434 g/mol. The number of amides is 1. The van der Waals surface area contributed by atoms with E-state index in [1.807, 2.05) is 25.1 Å². The first-order valence-electron chi connectivity index (χ1n) is 9.37. The highest BCUT2D eigenvalue weighted by Gasteiger charge is 2.16. The average Bonchev–Trinajstić information content (AvgIpc) is 3.18. The molecule has 0 saturated carbocycles. The first-order valence-corrected chi connectivity index (χ1v) is 10.2. The van der Waals surface area contributed by atoms with Gasteiger partial charge in [-0.15, -0.1) is 0 Å². The molecule has 0 aliphatic rings. The van der Waals surface area contributed by atoms with Gasteiger partial charge in [0, 0.05) is 16.3 Å². The van der Waals surface area contributed by atoms with E-state index in [0.29, 0.717) is 33.3 Å². The van der Waals surface area contributed by atoms with Gasteiger partial charge in [0.25, 0.3) is 5.91 Å². The van der Waals surface area contributed by atoms with E-state index >= 15 is 0 Å². The van der Waals surface area contributed by atoms with Crippen LogP contribution in [0.2, 0.25) is 5.02 Å². The van der Waals surface area contributed by atoms with Crippen LogP contribution in [0, 0.1) is 6.92 Å². The van der Waals surface area contributed by atoms with E-state index in [1.54, 1.807) is 42.5 Å². The summed E-state index contributed by atoms with van der Waals surface area (Å²) in [5, 5.41) is 6.51. The Labute approximate surface area is 189 Å². The highest BCUT2D eigenvalue weighted by atomic mass is 35.5. The van der Waals surface area contributed by atoms with Crippen LogP contribution in [0.3, 0.4) is 0 Å². The molecule has 0 saturated heterocycles. The first-order chi connectivity index (χ1) is 15.0. The van der Waals surface area contributed by atoms with Crippen molar-refractivity contribution >= 4 is 51.6 Å². The number of benzene rings is 3. The Morgan fingerprint density at radius 1 is 1.13 bits per heavy atom. The third-order valence-electron chi connectivity index (χ3n) is 4.74. The fourth-order valence-electron chi connectivity index (χ4n) is 3.17. The summed E-state index contributed by atoms with van der Waals surface area (Å²) in [6, 6.07) is 17.9. The normalized spacial score (nSPS) is 10.7. The molecule has 1 heterocycles. The largest absolute Gasteiger partial charge is 0.496 e. The number of oxazole rings is 1. The molecule has 156 valence electrons. The zero-order chi connectivity index (χ0) is 22.0. The summed E-state index contributed by atoms with van der Waals surface area (Å²) in [6.45, 7) is 1.92. The number of carbonyl (C=O) groups excluding carboxylic acids is 1. The summed E-state index contributed by atoms with van der Waals surface area (Å²) in [5.41, 5.74) is 4.12. The van der Waals surface area contributed by atoms with Gasteiger partial charge in [-0.05, 0) is 67.2 Å². The van der Waals surface area contributed by atoms with Crippen molar-refractivity contribution in [1.82, 2.24) is 10.3 Å². The molecule has 4 aromatic rings. The second-order valence-electron chi connectivity index (χ2n) is 6.72. The summed E-state index contributed by atoms with van der Waals surface area (Å²) >= 11 is 11.4. The monoisotopic (exact) mass is 451 g/mol. The van der Waals surface area contributed by atoms with Crippen LogP contribution in [0.15, 0.2) is 65.1 Å². The van der Waals surface area contributed by atoms with Crippen molar-refractivity contribution in [3.63, 3.8) is 0 Å². The van der Waals surface area contributed by atoms with Crippen molar-refractivity contribution in [1.29, 1.82) is 0 Å². The van der Waals surface area contributed by atoms with Gasteiger partial charge in [0.05, 0.1) is 12.7 Å². The van der Waals surface area contributed by atoms with Crippen molar-refractivity contribution in [3.8, 4) is 17.2 Å². The molecule has 0 aliphatic heterocycles. The van der Waals surface area contributed by atoms with Crippen LogP contribution < -0.4 is 15.4 Å². The lowest BCUT2D eigenvalue weighted by Crippen LogP contribution is -2.34. The highest BCUT2D eigenvalue weighted by Crippen LogP contribution is 2.31. The van der Waals surface area contributed by atoms with Crippen molar-refractivity contribution < 1.29 is 13.9 Å². The lowest BCUT2D eigenvalue weighted by atomic mass is 10.1. The number of para-hydroxylation sites is 1. The molecule has 2 N–H and O–H groups in total. The van der Waals surface area contributed by atoms with E-state index in [-0.39, 0.29) is 11.0 Å². The van der Waals surface area contributed by atoms with E-state index in [1.165, 1.54) is 7.11 Å². The zero-order valence-corrected chi connectivity index (χ0v) is 18.3. The fourth-order valence-corrected chi connectivity index (χ4v) is 3.54. The maximum absolute atomic E-state index is 12.6. The minimum atomic E-state index is -0.361. The fraction of sp³-hybridized carbons (Fsp3) is 0.0870. The third kappa shape index (κ3) is 4.38. The van der Waals surface area contributed by atoms with Gasteiger partial charge in [0.15, 0.2) is 10.7 Å². The molecule has 1 aromatic heterocycles. The second kappa shape index (κ2) is 8.75. The number of halogens is 1. The number of hydrogen-bond donors (Lipinski definition) is 2. The lowest BCUT2D eigenvalue weighted by Gasteiger charge is -2.14. The number of thiocarbonyl (C=S) groups is 1. The molecule has 8 heteroatoms. The molecule has 0 fully saturated rings. The summed E-state index contributed by atoms with van der Waals surface area (Å²) < 4.78 is 11.1. The van der Waals surface area contributed by atoms with Gasteiger partial charge < -0.3 is 14.5 Å². The van der Waals surface area contributed by atoms with Crippen LogP contribution in [0.1, 0.15) is 15.9 Å². The van der Waals surface area contributed by atoms with Gasteiger partial charge in [0.1, 0.15) is 11.3 Å². The van der Waals surface area contributed by atoms with E-state index < -0.39 is 0 Å². The van der Waals surface area contributed by atoms with Crippen molar-refractivity contribution in [2.75, 3.05) is 12.4 Å². The molecule has 0 radical (unpaired) electrons. The van der Waals surface area contributed by atoms with Crippen LogP contribution in [-0.4, -0.2) is 23.1 Å². The van der Waals surface area contributed by atoms with Gasteiger partial charge in [-0.3, -0.25) is 10.1 Å². The molecule has 1 amide bonds.